The van der Waals surface area contributed by atoms with Crippen LogP contribution in [0.2, 0.25) is 0 Å². The molecule has 0 aliphatic heterocycles. The first-order valence-corrected chi connectivity index (χ1v) is 10.8. The molecule has 0 bridgehead atoms. The summed E-state index contributed by atoms with van der Waals surface area (Å²) in [5.41, 5.74) is 5.81. The highest BCUT2D eigenvalue weighted by molar-refractivity contribution is 6.06. The number of pyridine rings is 1. The third kappa shape index (κ3) is 4.12. The van der Waals surface area contributed by atoms with Crippen LogP contribution in [-0.4, -0.2) is 41.6 Å². The van der Waals surface area contributed by atoms with E-state index in [4.69, 9.17) is 14.5 Å². The first kappa shape index (κ1) is 21.2. The predicted molar refractivity (Wildman–Crippen MR) is 119 cm³/mol. The Balaban J connectivity index is 1.53. The van der Waals surface area contributed by atoms with E-state index in [-0.39, 0.29) is 12.4 Å². The van der Waals surface area contributed by atoms with Crippen molar-refractivity contribution in [3.8, 4) is 0 Å². The van der Waals surface area contributed by atoms with Crippen molar-refractivity contribution in [2.24, 2.45) is 0 Å². The summed E-state index contributed by atoms with van der Waals surface area (Å²) in [5, 5.41) is 0.789. The van der Waals surface area contributed by atoms with Crippen molar-refractivity contribution in [2.75, 3.05) is 20.3 Å². The third-order valence-electron chi connectivity index (χ3n) is 6.06. The summed E-state index contributed by atoms with van der Waals surface area (Å²) in [6, 6.07) is 9.49. The molecular formula is C25H28N2O4. The zero-order valence-corrected chi connectivity index (χ0v) is 18.4. The molecule has 0 fully saturated rings. The van der Waals surface area contributed by atoms with Crippen LogP contribution < -0.4 is 0 Å². The van der Waals surface area contributed by atoms with Crippen molar-refractivity contribution in [3.63, 3.8) is 0 Å². The zero-order chi connectivity index (χ0) is 22.0. The molecule has 0 spiro atoms. The summed E-state index contributed by atoms with van der Waals surface area (Å²) in [5.74, 6) is -0.631. The highest BCUT2D eigenvalue weighted by atomic mass is 16.5. The minimum atomic E-state index is -0.445. The number of Topliss-reactive ketones (excluding diaryl/α,β-unsaturated/α-hetero) is 1. The Morgan fingerprint density at radius 3 is 2.77 bits per heavy atom. The Morgan fingerprint density at radius 1 is 1.16 bits per heavy atom. The number of rotatable bonds is 8. The Bertz CT molecular complexity index is 1150. The molecule has 1 aliphatic rings. The number of esters is 1. The average molecular weight is 421 g/mol. The standard InChI is InChI=1S/C25H28N2O4/c1-16-14-20(17(2)27(16)12-7-13-30-3)23(28)15-31-25(29)24-18-8-4-5-10-21(18)26-22-11-6-9-19(22)24/h4-5,8,10,14H,6-7,9,11-13,15H2,1-3H3. The summed E-state index contributed by atoms with van der Waals surface area (Å²) in [7, 11) is 1.68. The molecule has 0 saturated carbocycles. The molecule has 1 aliphatic carbocycles. The van der Waals surface area contributed by atoms with Crippen LogP contribution in [0.15, 0.2) is 30.3 Å². The van der Waals surface area contributed by atoms with Crippen molar-refractivity contribution < 1.29 is 19.1 Å². The number of hydrogen-bond acceptors (Lipinski definition) is 5. The second-order valence-electron chi connectivity index (χ2n) is 8.06. The van der Waals surface area contributed by atoms with Crippen molar-refractivity contribution in [2.45, 2.75) is 46.1 Å². The molecule has 0 N–H and O–H groups in total. The summed E-state index contributed by atoms with van der Waals surface area (Å²) < 4.78 is 12.8. The fourth-order valence-electron chi connectivity index (χ4n) is 4.52. The number of ether oxygens (including phenoxy) is 2. The Kier molecular flexibility index (Phi) is 6.18. The van der Waals surface area contributed by atoms with Crippen molar-refractivity contribution in [1.29, 1.82) is 0 Å². The molecule has 0 atom stereocenters. The van der Waals surface area contributed by atoms with Crippen molar-refractivity contribution in [3.05, 3.63) is 64.1 Å². The minimum absolute atomic E-state index is 0.186. The average Bonchev–Trinajstić information content (AvgIpc) is 3.34. The van der Waals surface area contributed by atoms with Crippen LogP contribution in [0.3, 0.4) is 0 Å². The lowest BCUT2D eigenvalue weighted by Gasteiger charge is -2.12. The van der Waals surface area contributed by atoms with Gasteiger partial charge in [0.25, 0.3) is 0 Å². The zero-order valence-electron chi connectivity index (χ0n) is 18.4. The molecule has 0 amide bonds. The van der Waals surface area contributed by atoms with Gasteiger partial charge in [0, 0.05) is 48.3 Å². The van der Waals surface area contributed by atoms with E-state index in [0.717, 1.165) is 65.8 Å². The van der Waals surface area contributed by atoms with E-state index in [9.17, 15) is 9.59 Å². The number of ketones is 1. The van der Waals surface area contributed by atoms with Crippen LogP contribution in [0.1, 0.15) is 56.2 Å². The lowest BCUT2D eigenvalue weighted by molar-refractivity contribution is 0.0475. The fourth-order valence-corrected chi connectivity index (χ4v) is 4.52. The van der Waals surface area contributed by atoms with Crippen LogP contribution in [0.25, 0.3) is 10.9 Å². The number of aromatic nitrogens is 2. The summed E-state index contributed by atoms with van der Waals surface area (Å²) >= 11 is 0. The fraction of sp³-hybridized carbons (Fsp3) is 0.400. The van der Waals surface area contributed by atoms with E-state index in [0.29, 0.717) is 17.7 Å². The molecule has 3 aromatic rings. The van der Waals surface area contributed by atoms with Crippen LogP contribution in [0, 0.1) is 13.8 Å². The number of carbonyl (C=O) groups excluding carboxylic acids is 2. The van der Waals surface area contributed by atoms with Gasteiger partial charge in [0.05, 0.1) is 11.1 Å². The van der Waals surface area contributed by atoms with Crippen LogP contribution in [-0.2, 0) is 28.9 Å². The first-order chi connectivity index (χ1) is 15.0. The maximum Gasteiger partial charge on any atom is 0.339 e. The summed E-state index contributed by atoms with van der Waals surface area (Å²) in [6.45, 7) is 5.09. The molecule has 162 valence electrons. The quantitative estimate of drug-likeness (QED) is 0.310. The highest BCUT2D eigenvalue weighted by Gasteiger charge is 2.25. The molecule has 0 unspecified atom stereocenters. The molecule has 4 rings (SSSR count). The molecule has 0 saturated heterocycles. The number of fused-ring (bicyclic) bond motifs is 2. The largest absolute Gasteiger partial charge is 0.454 e. The molecule has 2 aromatic heterocycles. The van der Waals surface area contributed by atoms with E-state index in [1.807, 2.05) is 44.2 Å². The van der Waals surface area contributed by atoms with Gasteiger partial charge in [0.2, 0.25) is 5.78 Å². The minimum Gasteiger partial charge on any atom is -0.454 e. The van der Waals surface area contributed by atoms with E-state index < -0.39 is 5.97 Å². The number of hydrogen-bond donors (Lipinski definition) is 0. The van der Waals surface area contributed by atoms with Crippen molar-refractivity contribution >= 4 is 22.7 Å². The van der Waals surface area contributed by atoms with E-state index in [1.165, 1.54) is 0 Å². The first-order valence-electron chi connectivity index (χ1n) is 10.8. The maximum atomic E-state index is 13.1. The SMILES string of the molecule is COCCCn1c(C)cc(C(=O)COC(=O)c2c3c(nc4ccccc24)CCC3)c1C. The van der Waals surface area contributed by atoms with Gasteiger partial charge < -0.3 is 14.0 Å². The molecule has 2 heterocycles. The molecule has 1 aromatic carbocycles. The maximum absolute atomic E-state index is 13.1. The second kappa shape index (κ2) is 9.02. The van der Waals surface area contributed by atoms with Gasteiger partial charge in [0.1, 0.15) is 0 Å². The van der Waals surface area contributed by atoms with Crippen LogP contribution in [0.5, 0.6) is 0 Å². The van der Waals surface area contributed by atoms with Gasteiger partial charge in [0.15, 0.2) is 6.61 Å². The van der Waals surface area contributed by atoms with Crippen LogP contribution >= 0.6 is 0 Å². The molecular weight excluding hydrogens is 392 g/mol. The lowest BCUT2D eigenvalue weighted by Crippen LogP contribution is -2.17. The topological polar surface area (TPSA) is 70.4 Å². The molecule has 0 radical (unpaired) electrons. The van der Waals surface area contributed by atoms with E-state index in [2.05, 4.69) is 4.57 Å². The Labute approximate surface area is 182 Å². The predicted octanol–water partition coefficient (Wildman–Crippen LogP) is 4.22. The monoisotopic (exact) mass is 420 g/mol. The Morgan fingerprint density at radius 2 is 1.97 bits per heavy atom. The van der Waals surface area contributed by atoms with Crippen molar-refractivity contribution in [1.82, 2.24) is 9.55 Å². The number of nitrogens with zero attached hydrogens (tertiary/aromatic N) is 2. The van der Waals surface area contributed by atoms with Gasteiger partial charge in [-0.2, -0.15) is 0 Å². The smallest absolute Gasteiger partial charge is 0.339 e. The Hall–Kier alpha value is -2.99. The van der Waals surface area contributed by atoms with E-state index >= 15 is 0 Å². The third-order valence-corrected chi connectivity index (χ3v) is 6.06. The number of para-hydroxylation sites is 1. The summed E-state index contributed by atoms with van der Waals surface area (Å²) in [6.07, 6.45) is 3.53. The second-order valence-corrected chi connectivity index (χ2v) is 8.06. The number of aryl methyl sites for hydroxylation is 2. The van der Waals surface area contributed by atoms with Gasteiger partial charge in [-0.25, -0.2) is 4.79 Å². The van der Waals surface area contributed by atoms with Gasteiger partial charge in [-0.3, -0.25) is 9.78 Å². The highest BCUT2D eigenvalue weighted by Crippen LogP contribution is 2.30. The van der Waals surface area contributed by atoms with E-state index in [1.54, 1.807) is 7.11 Å². The van der Waals surface area contributed by atoms with Gasteiger partial charge in [-0.15, -0.1) is 0 Å². The number of methoxy groups -OCH3 is 1. The molecule has 6 heteroatoms. The molecule has 31 heavy (non-hydrogen) atoms. The summed E-state index contributed by atoms with van der Waals surface area (Å²) in [4.78, 5) is 30.6. The number of carbonyl (C=O) groups is 2. The van der Waals surface area contributed by atoms with Gasteiger partial charge >= 0.3 is 5.97 Å². The molecule has 6 nitrogen and oxygen atoms in total. The number of benzene rings is 1. The van der Waals surface area contributed by atoms with Crippen LogP contribution in [0.4, 0.5) is 0 Å². The van der Waals surface area contributed by atoms with Gasteiger partial charge in [-0.05, 0) is 57.2 Å². The van der Waals surface area contributed by atoms with Gasteiger partial charge in [-0.1, -0.05) is 18.2 Å². The normalized spacial score (nSPS) is 12.9. The lowest BCUT2D eigenvalue weighted by atomic mass is 10.0.